The Labute approximate surface area is 169 Å². The van der Waals surface area contributed by atoms with E-state index in [1.807, 2.05) is 72.8 Å². The van der Waals surface area contributed by atoms with Crippen LogP contribution < -0.4 is 14.8 Å². The first-order valence-electron chi connectivity index (χ1n) is 8.52. The minimum absolute atomic E-state index is 0.497. The van der Waals surface area contributed by atoms with E-state index in [-0.39, 0.29) is 0 Å². The van der Waals surface area contributed by atoms with E-state index in [0.29, 0.717) is 18.1 Å². The Bertz CT molecular complexity index is 878. The van der Waals surface area contributed by atoms with Crippen LogP contribution in [0.4, 0.5) is 0 Å². The molecule has 0 aliphatic rings. The average molecular weight is 398 g/mol. The van der Waals surface area contributed by atoms with Crippen LogP contribution in [0.5, 0.6) is 11.5 Å². The predicted octanol–water partition coefficient (Wildman–Crippen LogP) is 5.39. The molecule has 0 amide bonds. The fourth-order valence-electron chi connectivity index (χ4n) is 2.48. The summed E-state index contributed by atoms with van der Waals surface area (Å²) in [6, 6.07) is 23.3. The SMILES string of the molecule is COc1ccc(CNC(=S)c2ccc(OCc3ccc(Cl)cc3)cc2)cc1. The monoisotopic (exact) mass is 397 g/mol. The largest absolute Gasteiger partial charge is 0.497 e. The Balaban J connectivity index is 1.51. The first-order valence-corrected chi connectivity index (χ1v) is 9.31. The lowest BCUT2D eigenvalue weighted by atomic mass is 10.2. The zero-order valence-electron chi connectivity index (χ0n) is 14.9. The van der Waals surface area contributed by atoms with Crippen molar-refractivity contribution < 1.29 is 9.47 Å². The van der Waals surface area contributed by atoms with Crippen molar-refractivity contribution in [3.8, 4) is 11.5 Å². The van der Waals surface area contributed by atoms with Gasteiger partial charge >= 0.3 is 0 Å². The van der Waals surface area contributed by atoms with E-state index in [4.69, 9.17) is 33.3 Å². The van der Waals surface area contributed by atoms with Crippen LogP contribution >= 0.6 is 23.8 Å². The molecule has 0 bridgehead atoms. The fraction of sp³-hybridized carbons (Fsp3) is 0.136. The maximum absolute atomic E-state index is 5.89. The number of ether oxygens (including phenoxy) is 2. The third-order valence-corrected chi connectivity index (χ3v) is 4.68. The van der Waals surface area contributed by atoms with Crippen LogP contribution in [0.3, 0.4) is 0 Å². The van der Waals surface area contributed by atoms with Crippen LogP contribution in [-0.2, 0) is 13.2 Å². The van der Waals surface area contributed by atoms with Gasteiger partial charge in [0.25, 0.3) is 0 Å². The van der Waals surface area contributed by atoms with Gasteiger partial charge in [-0.2, -0.15) is 0 Å². The lowest BCUT2D eigenvalue weighted by Gasteiger charge is -2.10. The summed E-state index contributed by atoms with van der Waals surface area (Å²) in [5.41, 5.74) is 3.17. The van der Waals surface area contributed by atoms with Gasteiger partial charge in [-0.25, -0.2) is 0 Å². The molecular formula is C22H20ClNO2S. The number of thiocarbonyl (C=S) groups is 1. The Morgan fingerprint density at radius 1 is 0.852 bits per heavy atom. The van der Waals surface area contributed by atoms with Gasteiger partial charge in [0.15, 0.2) is 0 Å². The maximum Gasteiger partial charge on any atom is 0.119 e. The first kappa shape index (κ1) is 19.2. The van der Waals surface area contributed by atoms with Gasteiger partial charge in [0.05, 0.1) is 7.11 Å². The Kier molecular flexibility index (Phi) is 6.69. The molecular weight excluding hydrogens is 378 g/mol. The predicted molar refractivity (Wildman–Crippen MR) is 114 cm³/mol. The molecule has 3 aromatic rings. The smallest absolute Gasteiger partial charge is 0.119 e. The minimum Gasteiger partial charge on any atom is -0.497 e. The van der Waals surface area contributed by atoms with E-state index in [9.17, 15) is 0 Å². The molecule has 0 radical (unpaired) electrons. The van der Waals surface area contributed by atoms with E-state index in [2.05, 4.69) is 5.32 Å². The molecule has 0 unspecified atom stereocenters. The van der Waals surface area contributed by atoms with E-state index < -0.39 is 0 Å². The molecule has 27 heavy (non-hydrogen) atoms. The van der Waals surface area contributed by atoms with Crippen molar-refractivity contribution >= 4 is 28.8 Å². The van der Waals surface area contributed by atoms with E-state index >= 15 is 0 Å². The molecule has 3 aromatic carbocycles. The quantitative estimate of drug-likeness (QED) is 0.541. The highest BCUT2D eigenvalue weighted by Gasteiger charge is 2.03. The van der Waals surface area contributed by atoms with Crippen molar-refractivity contribution in [2.45, 2.75) is 13.2 Å². The molecule has 5 heteroatoms. The van der Waals surface area contributed by atoms with Crippen molar-refractivity contribution in [2.24, 2.45) is 0 Å². The topological polar surface area (TPSA) is 30.5 Å². The summed E-state index contributed by atoms with van der Waals surface area (Å²) in [4.78, 5) is 0.704. The highest BCUT2D eigenvalue weighted by Crippen LogP contribution is 2.16. The van der Waals surface area contributed by atoms with Gasteiger partial charge < -0.3 is 14.8 Å². The van der Waals surface area contributed by atoms with Crippen LogP contribution in [0.25, 0.3) is 0 Å². The molecule has 0 saturated carbocycles. The van der Waals surface area contributed by atoms with E-state index in [0.717, 1.165) is 33.2 Å². The van der Waals surface area contributed by atoms with Gasteiger partial charge in [-0.05, 0) is 59.7 Å². The van der Waals surface area contributed by atoms with Crippen molar-refractivity contribution in [2.75, 3.05) is 7.11 Å². The molecule has 3 rings (SSSR count). The Hall–Kier alpha value is -2.56. The van der Waals surface area contributed by atoms with Crippen molar-refractivity contribution in [1.82, 2.24) is 5.32 Å². The van der Waals surface area contributed by atoms with Crippen LogP contribution in [-0.4, -0.2) is 12.1 Å². The molecule has 0 aromatic heterocycles. The maximum atomic E-state index is 5.89. The van der Waals surface area contributed by atoms with Gasteiger partial charge in [-0.1, -0.05) is 48.1 Å². The third-order valence-electron chi connectivity index (χ3n) is 4.05. The number of hydrogen-bond donors (Lipinski definition) is 1. The summed E-state index contributed by atoms with van der Waals surface area (Å²) in [5, 5.41) is 3.99. The molecule has 0 aliphatic heterocycles. The molecule has 1 N–H and O–H groups in total. The molecule has 0 spiro atoms. The summed E-state index contributed by atoms with van der Waals surface area (Å²) < 4.78 is 11.0. The van der Waals surface area contributed by atoms with Crippen molar-refractivity contribution in [3.63, 3.8) is 0 Å². The minimum atomic E-state index is 0.497. The Morgan fingerprint density at radius 2 is 1.44 bits per heavy atom. The normalized spacial score (nSPS) is 10.3. The summed E-state index contributed by atoms with van der Waals surface area (Å²) in [6.45, 7) is 1.16. The molecule has 0 heterocycles. The van der Waals surface area contributed by atoms with Gasteiger partial charge in [0, 0.05) is 17.1 Å². The van der Waals surface area contributed by atoms with Crippen LogP contribution in [0.1, 0.15) is 16.7 Å². The zero-order valence-corrected chi connectivity index (χ0v) is 16.5. The second-order valence-corrected chi connectivity index (χ2v) is 6.81. The highest BCUT2D eigenvalue weighted by molar-refractivity contribution is 7.80. The number of hydrogen-bond acceptors (Lipinski definition) is 3. The molecule has 0 atom stereocenters. The molecule has 138 valence electrons. The number of benzene rings is 3. The second kappa shape index (κ2) is 9.40. The van der Waals surface area contributed by atoms with Crippen LogP contribution in [0.2, 0.25) is 5.02 Å². The Morgan fingerprint density at radius 3 is 2.07 bits per heavy atom. The lowest BCUT2D eigenvalue weighted by molar-refractivity contribution is 0.306. The van der Waals surface area contributed by atoms with Gasteiger partial charge in [0.2, 0.25) is 0 Å². The first-order chi connectivity index (χ1) is 13.1. The number of methoxy groups -OCH3 is 1. The zero-order chi connectivity index (χ0) is 19.1. The number of halogens is 1. The van der Waals surface area contributed by atoms with E-state index in [1.165, 1.54) is 0 Å². The average Bonchev–Trinajstić information content (AvgIpc) is 2.72. The molecule has 0 aliphatic carbocycles. The summed E-state index contributed by atoms with van der Waals surface area (Å²) in [6.07, 6.45) is 0. The van der Waals surface area contributed by atoms with Gasteiger partial charge in [-0.15, -0.1) is 0 Å². The van der Waals surface area contributed by atoms with Gasteiger partial charge in [-0.3, -0.25) is 0 Å². The standard InChI is InChI=1S/C22H20ClNO2S/c1-25-20-10-4-16(5-11-20)14-24-22(27)18-6-12-21(13-7-18)26-15-17-2-8-19(23)9-3-17/h2-13H,14-15H2,1H3,(H,24,27). The van der Waals surface area contributed by atoms with Crippen LogP contribution in [0, 0.1) is 0 Å². The van der Waals surface area contributed by atoms with Crippen LogP contribution in [0.15, 0.2) is 72.8 Å². The summed E-state index contributed by atoms with van der Waals surface area (Å²) >= 11 is 11.4. The van der Waals surface area contributed by atoms with Crippen molar-refractivity contribution in [3.05, 3.63) is 94.5 Å². The third kappa shape index (κ3) is 5.71. The van der Waals surface area contributed by atoms with Crippen molar-refractivity contribution in [1.29, 1.82) is 0 Å². The molecule has 3 nitrogen and oxygen atoms in total. The molecule has 0 saturated heterocycles. The highest BCUT2D eigenvalue weighted by atomic mass is 35.5. The fourth-order valence-corrected chi connectivity index (χ4v) is 2.81. The second-order valence-electron chi connectivity index (χ2n) is 5.97. The summed E-state index contributed by atoms with van der Waals surface area (Å²) in [7, 11) is 1.66. The number of rotatable bonds is 7. The number of nitrogens with one attached hydrogen (secondary N) is 1. The molecule has 0 fully saturated rings. The summed E-state index contributed by atoms with van der Waals surface area (Å²) in [5.74, 6) is 1.64. The lowest BCUT2D eigenvalue weighted by Crippen LogP contribution is -2.21. The van der Waals surface area contributed by atoms with Gasteiger partial charge in [0.1, 0.15) is 23.1 Å². The van der Waals surface area contributed by atoms with E-state index in [1.54, 1.807) is 7.11 Å².